The van der Waals surface area contributed by atoms with Crippen LogP contribution in [0, 0.1) is 12.3 Å². The van der Waals surface area contributed by atoms with Crippen LogP contribution in [0.25, 0.3) is 0 Å². The fourth-order valence-electron chi connectivity index (χ4n) is 4.63. The molecule has 0 radical (unpaired) electrons. The number of aromatic carboxylic acids is 2. The van der Waals surface area contributed by atoms with E-state index in [4.69, 9.17) is 42.7 Å². The predicted octanol–water partition coefficient (Wildman–Crippen LogP) is 0.699. The molecule has 0 aliphatic carbocycles. The highest BCUT2D eigenvalue weighted by molar-refractivity contribution is 6.05. The van der Waals surface area contributed by atoms with Crippen LogP contribution in [-0.2, 0) is 43.2 Å². The van der Waals surface area contributed by atoms with Gasteiger partial charge in [0, 0.05) is 56.5 Å². The number of carboxylic acid groups (broad SMARTS) is 2. The van der Waals surface area contributed by atoms with Crippen LogP contribution < -0.4 is 11.5 Å². The number of nitrogen functional groups attached to an aromatic ring is 2. The number of hydrogen-bond acceptors (Lipinski definition) is 16. The molecule has 4 heterocycles. The second-order valence-electron chi connectivity index (χ2n) is 11.5. The van der Waals surface area contributed by atoms with Crippen LogP contribution in [-0.4, -0.2) is 103 Å². The van der Waals surface area contributed by atoms with Crippen LogP contribution in [0.2, 0.25) is 0 Å². The Morgan fingerprint density at radius 1 is 0.673 bits per heavy atom. The van der Waals surface area contributed by atoms with Crippen molar-refractivity contribution < 1.29 is 79.1 Å². The van der Waals surface area contributed by atoms with Crippen LogP contribution in [0.5, 0.6) is 0 Å². The Kier molecular flexibility index (Phi) is 14.1. The zero-order valence-corrected chi connectivity index (χ0v) is 28.6. The zero-order chi connectivity index (χ0) is 41.7. The molecule has 4 aliphatic heterocycles. The number of carboxylic acids is 2. The number of benzene rings is 2. The SMILES string of the molecule is Nc1cc(C(=O)O)cc(C(=O)O)c1.Nc1cc(C(=O)ON2C(=O)CCC2=O)cc(C(=O)ON2C(=O)CCC2=O)c1.O=C1CCC(=O)N1O.[2H]C#CC1CCCO1. The molecule has 21 nitrogen and oxygen atoms in total. The number of terminal acetylenes is 1. The molecule has 0 spiro atoms. The molecule has 4 fully saturated rings. The number of amides is 6. The minimum Gasteiger partial charge on any atom is -0.478 e. The van der Waals surface area contributed by atoms with Gasteiger partial charge in [-0.2, -0.15) is 5.06 Å². The molecule has 2 aromatic carbocycles. The standard InChI is InChI=1S/C16H13N3O8.C8H7NO4.C6H8O.C4H5NO3/c17-10-6-8(15(24)26-18-11(20)1-2-12(18)21)5-9(7-10)16(25)27-19-13(22)3-4-14(19)23;9-6-2-4(7(10)11)1-5(3-6)8(12)13;1-2-6-4-3-5-7-6;6-3-1-2-4(7)5(3)8/h5-7H,1-4,17H2;1-3H,9H2,(H,10,11)(H,12,13);1,6H,3-5H2;8H,1-2H2/i;;1D;. The summed E-state index contributed by atoms with van der Waals surface area (Å²) in [5.74, 6) is -5.60. The highest BCUT2D eigenvalue weighted by atomic mass is 16.7. The maximum Gasteiger partial charge on any atom is 0.364 e. The third kappa shape index (κ3) is 11.9. The minimum atomic E-state index is -1.20. The summed E-state index contributed by atoms with van der Waals surface area (Å²) in [5.41, 5.74) is 10.4. The van der Waals surface area contributed by atoms with E-state index in [2.05, 4.69) is 12.3 Å². The normalized spacial score (nSPS) is 17.4. The van der Waals surface area contributed by atoms with Gasteiger partial charge in [-0.3, -0.25) is 34.0 Å². The molecule has 2 aromatic rings. The van der Waals surface area contributed by atoms with E-state index in [-0.39, 0.29) is 83.3 Å². The Balaban J connectivity index is 0.000000237. The maximum absolute atomic E-state index is 12.2. The first-order chi connectivity index (χ1) is 26.4. The van der Waals surface area contributed by atoms with Crippen molar-refractivity contribution in [1.82, 2.24) is 15.2 Å². The summed E-state index contributed by atoms with van der Waals surface area (Å²) in [6.45, 7) is 0.819. The number of nitrogens with zero attached hydrogens (tertiary/aromatic N) is 3. The molecule has 4 aliphatic rings. The molecule has 7 N–H and O–H groups in total. The van der Waals surface area contributed by atoms with Crippen molar-refractivity contribution in [3.63, 3.8) is 0 Å². The molecular weight excluding hydrogens is 734 g/mol. The number of imide groups is 3. The molecule has 4 saturated heterocycles. The summed E-state index contributed by atoms with van der Waals surface area (Å²) in [6.07, 6.45) is 4.26. The van der Waals surface area contributed by atoms with E-state index in [0.717, 1.165) is 43.7 Å². The summed E-state index contributed by atoms with van der Waals surface area (Å²) >= 11 is 0. The van der Waals surface area contributed by atoms with Crippen molar-refractivity contribution >= 4 is 70.7 Å². The lowest BCUT2D eigenvalue weighted by Crippen LogP contribution is -2.33. The number of ether oxygens (including phenoxy) is 1. The van der Waals surface area contributed by atoms with E-state index in [1.54, 1.807) is 0 Å². The maximum atomic E-state index is 12.2. The molecule has 0 saturated carbocycles. The van der Waals surface area contributed by atoms with Gasteiger partial charge in [-0.05, 0) is 49.2 Å². The van der Waals surface area contributed by atoms with Crippen molar-refractivity contribution in [1.29, 1.82) is 0 Å². The van der Waals surface area contributed by atoms with Gasteiger partial charge < -0.3 is 36.1 Å². The van der Waals surface area contributed by atoms with Crippen molar-refractivity contribution in [2.75, 3.05) is 18.1 Å². The summed E-state index contributed by atoms with van der Waals surface area (Å²) < 4.78 is 11.6. The molecule has 0 aromatic heterocycles. The van der Waals surface area contributed by atoms with E-state index in [1.807, 2.05) is 0 Å². The molecular formula is C34H33N5O16. The first-order valence-corrected chi connectivity index (χ1v) is 15.9. The van der Waals surface area contributed by atoms with Gasteiger partial charge in [0.15, 0.2) is 0 Å². The second kappa shape index (κ2) is 19.1. The van der Waals surface area contributed by atoms with Gasteiger partial charge in [-0.15, -0.1) is 16.5 Å². The number of carbonyl (C=O) groups is 10. The van der Waals surface area contributed by atoms with Gasteiger partial charge in [0.05, 0.1) is 22.3 Å². The Labute approximate surface area is 311 Å². The van der Waals surface area contributed by atoms with Gasteiger partial charge in [0.2, 0.25) is 0 Å². The minimum absolute atomic E-state index is 0.0189. The van der Waals surface area contributed by atoms with Crippen molar-refractivity contribution in [3.05, 3.63) is 58.7 Å². The highest BCUT2D eigenvalue weighted by Gasteiger charge is 2.35. The number of hydrogen-bond donors (Lipinski definition) is 5. The molecule has 290 valence electrons. The smallest absolute Gasteiger partial charge is 0.364 e. The number of rotatable bonds is 6. The summed E-state index contributed by atoms with van der Waals surface area (Å²) in [5, 5.41) is 26.4. The van der Waals surface area contributed by atoms with Crippen LogP contribution in [0.1, 0.15) is 94.2 Å². The topological polar surface area (TPSA) is 321 Å². The number of anilines is 2. The van der Waals surface area contributed by atoms with E-state index in [1.165, 1.54) is 12.1 Å². The zero-order valence-electron chi connectivity index (χ0n) is 29.6. The fraction of sp³-hybridized carbons (Fsp3) is 0.294. The van der Waals surface area contributed by atoms with Crippen LogP contribution in [0.4, 0.5) is 11.4 Å². The van der Waals surface area contributed by atoms with Crippen molar-refractivity contribution in [2.45, 2.75) is 57.5 Å². The molecule has 6 amide bonds. The lowest BCUT2D eigenvalue weighted by molar-refractivity contribution is -0.173. The molecule has 6 rings (SSSR count). The molecule has 0 bridgehead atoms. The van der Waals surface area contributed by atoms with E-state index in [9.17, 15) is 47.9 Å². The van der Waals surface area contributed by atoms with Crippen LogP contribution in [0.3, 0.4) is 0 Å². The second-order valence-corrected chi connectivity index (χ2v) is 11.5. The number of nitrogens with two attached hydrogens (primary N) is 2. The third-order valence-electron chi connectivity index (χ3n) is 7.35. The van der Waals surface area contributed by atoms with E-state index in [0.29, 0.717) is 10.1 Å². The van der Waals surface area contributed by atoms with Crippen LogP contribution in [0.15, 0.2) is 36.4 Å². The average molecular weight is 769 g/mol. The summed E-state index contributed by atoms with van der Waals surface area (Å²) in [6, 6.07) is 6.83. The fourth-order valence-corrected chi connectivity index (χ4v) is 4.63. The van der Waals surface area contributed by atoms with E-state index < -0.39 is 59.3 Å². The van der Waals surface area contributed by atoms with Gasteiger partial charge in [-0.25, -0.2) is 19.2 Å². The Morgan fingerprint density at radius 2 is 1.04 bits per heavy atom. The van der Waals surface area contributed by atoms with Gasteiger partial charge in [0.1, 0.15) is 7.47 Å². The summed E-state index contributed by atoms with van der Waals surface area (Å²) in [4.78, 5) is 121. The largest absolute Gasteiger partial charge is 0.478 e. The highest BCUT2D eigenvalue weighted by Crippen LogP contribution is 2.20. The molecule has 1 atom stereocenters. The Morgan fingerprint density at radius 3 is 1.35 bits per heavy atom. The molecule has 1 unspecified atom stereocenters. The monoisotopic (exact) mass is 768 g/mol. The third-order valence-corrected chi connectivity index (χ3v) is 7.35. The lowest BCUT2D eigenvalue weighted by Gasteiger charge is -2.14. The quantitative estimate of drug-likeness (QED) is 0.117. The Bertz CT molecular complexity index is 1870. The number of hydroxylamine groups is 6. The number of carbonyl (C=O) groups excluding carboxylic acids is 8. The molecule has 21 heteroatoms. The van der Waals surface area contributed by atoms with Crippen molar-refractivity contribution in [3.8, 4) is 12.3 Å². The van der Waals surface area contributed by atoms with E-state index >= 15 is 0 Å². The van der Waals surface area contributed by atoms with Gasteiger partial charge in [0.25, 0.3) is 35.4 Å². The lowest BCUT2D eigenvalue weighted by atomic mass is 10.1. The van der Waals surface area contributed by atoms with Gasteiger partial charge in [-0.1, -0.05) is 5.92 Å². The van der Waals surface area contributed by atoms with Gasteiger partial charge >= 0.3 is 23.9 Å². The van der Waals surface area contributed by atoms with Crippen LogP contribution >= 0.6 is 0 Å². The average Bonchev–Trinajstić information content (AvgIpc) is 3.93. The summed E-state index contributed by atoms with van der Waals surface area (Å²) in [7, 11) is 0. The molecule has 55 heavy (non-hydrogen) atoms. The first-order valence-electron chi connectivity index (χ1n) is 16.4. The first kappa shape index (κ1) is 40.6. The Hall–Kier alpha value is -7.18. The predicted molar refractivity (Wildman–Crippen MR) is 179 cm³/mol. The van der Waals surface area contributed by atoms with Crippen molar-refractivity contribution in [2.24, 2.45) is 0 Å².